The van der Waals surface area contributed by atoms with Crippen LogP contribution in [0.25, 0.3) is 0 Å². The van der Waals surface area contributed by atoms with Gasteiger partial charge in [0.25, 0.3) is 0 Å². The van der Waals surface area contributed by atoms with E-state index in [-0.39, 0.29) is 6.67 Å². The molecule has 0 unspecified atom stereocenters. The molecule has 0 spiro atoms. The van der Waals surface area contributed by atoms with Gasteiger partial charge in [0.2, 0.25) is 13.6 Å². The highest BCUT2D eigenvalue weighted by molar-refractivity contribution is 5.70. The predicted molar refractivity (Wildman–Crippen MR) is 64.9 cm³/mol. The molecule has 0 aromatic heterocycles. The van der Waals surface area contributed by atoms with Gasteiger partial charge >= 0.3 is 24.4 Å². The molecule has 4 amide bonds. The van der Waals surface area contributed by atoms with E-state index in [1.165, 1.54) is 14.1 Å². The molecule has 0 aromatic carbocycles. The molecule has 0 heterocycles. The van der Waals surface area contributed by atoms with Crippen LogP contribution in [0.1, 0.15) is 0 Å². The number of alkyl carbamates (subject to hydrolysis) is 4. The van der Waals surface area contributed by atoms with Crippen LogP contribution in [0.3, 0.4) is 0 Å². The molecule has 0 rings (SSSR count). The molecule has 0 bridgehead atoms. The maximum atomic E-state index is 11.0. The van der Waals surface area contributed by atoms with Crippen LogP contribution in [0, 0.1) is 0 Å². The fourth-order valence-electron chi connectivity index (χ4n) is 0.708. The fraction of sp³-hybridized carbons (Fsp3) is 0.556. The third-order valence-corrected chi connectivity index (χ3v) is 1.63. The summed E-state index contributed by atoms with van der Waals surface area (Å²) in [5.41, 5.74) is 0. The van der Waals surface area contributed by atoms with E-state index in [0.717, 1.165) is 0 Å². The van der Waals surface area contributed by atoms with Crippen molar-refractivity contribution < 1.29 is 38.1 Å². The van der Waals surface area contributed by atoms with Crippen molar-refractivity contribution in [1.29, 1.82) is 0 Å². The summed E-state index contributed by atoms with van der Waals surface area (Å²) >= 11 is 0. The minimum atomic E-state index is -0.930. The van der Waals surface area contributed by atoms with Gasteiger partial charge in [0.1, 0.15) is 0 Å². The summed E-state index contributed by atoms with van der Waals surface area (Å²) < 4.78 is 17.6. The van der Waals surface area contributed by atoms with E-state index < -0.39 is 38.0 Å². The van der Waals surface area contributed by atoms with E-state index in [1.807, 2.05) is 0 Å². The Kier molecular flexibility index (Phi) is 9.43. The van der Waals surface area contributed by atoms with Crippen LogP contribution in [0.2, 0.25) is 0 Å². The molecule has 0 aromatic rings. The first-order valence-corrected chi connectivity index (χ1v) is 5.49. The summed E-state index contributed by atoms with van der Waals surface area (Å²) in [5, 5.41) is 8.51. The van der Waals surface area contributed by atoms with Gasteiger partial charge in [-0.05, 0) is 0 Å². The first-order chi connectivity index (χ1) is 9.99. The zero-order valence-electron chi connectivity index (χ0n) is 11.4. The molecule has 21 heavy (non-hydrogen) atoms. The third-order valence-electron chi connectivity index (χ3n) is 1.63. The number of rotatable bonds is 6. The highest BCUT2D eigenvalue weighted by Gasteiger charge is 2.06. The SMILES string of the molecule is CNC(=O)OCOC(=O)NCNC(=O)OCOC(=O)NC. The van der Waals surface area contributed by atoms with Gasteiger partial charge in [-0.1, -0.05) is 0 Å². The van der Waals surface area contributed by atoms with Crippen molar-refractivity contribution >= 4 is 24.4 Å². The molecule has 0 fully saturated rings. The van der Waals surface area contributed by atoms with Crippen LogP contribution in [-0.4, -0.2) is 58.7 Å². The normalized spacial score (nSPS) is 8.86. The van der Waals surface area contributed by atoms with E-state index >= 15 is 0 Å². The second-order valence-electron chi connectivity index (χ2n) is 2.99. The average Bonchev–Trinajstić information content (AvgIpc) is 2.46. The van der Waals surface area contributed by atoms with Crippen molar-refractivity contribution in [2.45, 2.75) is 0 Å². The highest BCUT2D eigenvalue weighted by Crippen LogP contribution is 1.83. The first-order valence-electron chi connectivity index (χ1n) is 5.49. The van der Waals surface area contributed by atoms with E-state index in [4.69, 9.17) is 0 Å². The van der Waals surface area contributed by atoms with Crippen molar-refractivity contribution in [2.75, 3.05) is 34.3 Å². The second kappa shape index (κ2) is 11.0. The Morgan fingerprint density at radius 1 is 0.667 bits per heavy atom. The van der Waals surface area contributed by atoms with Gasteiger partial charge in [-0.2, -0.15) is 0 Å². The molecule has 0 aliphatic rings. The zero-order chi connectivity index (χ0) is 16.1. The van der Waals surface area contributed by atoms with Crippen molar-refractivity contribution in [3.8, 4) is 0 Å². The predicted octanol–water partition coefficient (Wildman–Crippen LogP) is -0.977. The van der Waals surface area contributed by atoms with Gasteiger partial charge in [0.15, 0.2) is 0 Å². The molecule has 120 valence electrons. The summed E-state index contributed by atoms with van der Waals surface area (Å²) in [7, 11) is 2.68. The highest BCUT2D eigenvalue weighted by atomic mass is 16.7. The van der Waals surface area contributed by atoms with Crippen molar-refractivity contribution in [1.82, 2.24) is 21.3 Å². The lowest BCUT2D eigenvalue weighted by Gasteiger charge is -2.09. The minimum absolute atomic E-state index is 0.308. The Labute approximate surface area is 119 Å². The van der Waals surface area contributed by atoms with Crippen LogP contribution in [0.15, 0.2) is 0 Å². The number of hydrogen-bond acceptors (Lipinski definition) is 8. The maximum Gasteiger partial charge on any atom is 0.411 e. The van der Waals surface area contributed by atoms with Crippen LogP contribution in [0.5, 0.6) is 0 Å². The first kappa shape index (κ1) is 18.1. The molecule has 0 saturated carbocycles. The van der Waals surface area contributed by atoms with Crippen LogP contribution < -0.4 is 21.3 Å². The van der Waals surface area contributed by atoms with Crippen LogP contribution in [-0.2, 0) is 18.9 Å². The largest absolute Gasteiger partial charge is 0.412 e. The monoisotopic (exact) mass is 308 g/mol. The number of hydrogen-bond donors (Lipinski definition) is 4. The molecule has 0 radical (unpaired) electrons. The lowest BCUT2D eigenvalue weighted by atomic mass is 10.9. The van der Waals surface area contributed by atoms with Gasteiger partial charge in [-0.15, -0.1) is 0 Å². The van der Waals surface area contributed by atoms with Crippen LogP contribution in [0.4, 0.5) is 19.2 Å². The minimum Gasteiger partial charge on any atom is -0.412 e. The molecule has 12 nitrogen and oxygen atoms in total. The van der Waals surface area contributed by atoms with Gasteiger partial charge < -0.3 is 40.2 Å². The summed E-state index contributed by atoms with van der Waals surface area (Å²) in [5.74, 6) is 0. The fourth-order valence-corrected chi connectivity index (χ4v) is 0.708. The standard InChI is InChI=1S/C9H16N4O8/c1-10-6(14)18-4-20-8(16)12-3-13-9(17)21-5-19-7(15)11-2/h3-5H2,1-2H3,(H,10,14)(H,11,15)(H,12,16)(H,13,17). The van der Waals surface area contributed by atoms with E-state index in [1.54, 1.807) is 0 Å². The van der Waals surface area contributed by atoms with Crippen molar-refractivity contribution in [3.63, 3.8) is 0 Å². The second-order valence-corrected chi connectivity index (χ2v) is 2.99. The molecular weight excluding hydrogens is 292 g/mol. The molecule has 4 N–H and O–H groups in total. The zero-order valence-corrected chi connectivity index (χ0v) is 11.4. The van der Waals surface area contributed by atoms with Gasteiger partial charge in [-0.3, -0.25) is 0 Å². The summed E-state index contributed by atoms with van der Waals surface area (Å²) in [6, 6.07) is 0. The number of amides is 4. The molecule has 0 saturated heterocycles. The van der Waals surface area contributed by atoms with Crippen molar-refractivity contribution in [2.24, 2.45) is 0 Å². The van der Waals surface area contributed by atoms with Gasteiger partial charge in [-0.25, -0.2) is 19.2 Å². The van der Waals surface area contributed by atoms with E-state index in [9.17, 15) is 19.2 Å². The summed E-state index contributed by atoms with van der Waals surface area (Å²) in [4.78, 5) is 43.3. The molecule has 0 aliphatic carbocycles. The Hall–Kier alpha value is -2.92. The number of carbonyl (C=O) groups is 4. The molecule has 12 heteroatoms. The smallest absolute Gasteiger partial charge is 0.411 e. The molecular formula is C9H16N4O8. The average molecular weight is 308 g/mol. The topological polar surface area (TPSA) is 153 Å². The molecule has 0 atom stereocenters. The summed E-state index contributed by atoms with van der Waals surface area (Å²) in [6.07, 6.45) is -3.39. The van der Waals surface area contributed by atoms with Gasteiger partial charge in [0.05, 0.1) is 6.67 Å². The Morgan fingerprint density at radius 3 is 1.33 bits per heavy atom. The van der Waals surface area contributed by atoms with Gasteiger partial charge in [0, 0.05) is 14.1 Å². The maximum absolute atomic E-state index is 11.0. The van der Waals surface area contributed by atoms with E-state index in [0.29, 0.717) is 0 Å². The Morgan fingerprint density at radius 2 is 1.00 bits per heavy atom. The number of nitrogens with one attached hydrogen (secondary N) is 4. The quantitative estimate of drug-likeness (QED) is 0.457. The number of carbonyl (C=O) groups excluding carboxylic acids is 4. The molecule has 0 aliphatic heterocycles. The Bertz CT molecular complexity index is 341. The Balaban J connectivity index is 3.55. The third kappa shape index (κ3) is 10.7. The van der Waals surface area contributed by atoms with E-state index in [2.05, 4.69) is 40.2 Å². The van der Waals surface area contributed by atoms with Crippen LogP contribution >= 0.6 is 0 Å². The summed E-state index contributed by atoms with van der Waals surface area (Å²) in [6.45, 7) is -1.48. The van der Waals surface area contributed by atoms with Crippen molar-refractivity contribution in [3.05, 3.63) is 0 Å². The number of ether oxygens (including phenoxy) is 4. The lowest BCUT2D eigenvalue weighted by molar-refractivity contribution is 0.0228. The lowest BCUT2D eigenvalue weighted by Crippen LogP contribution is -2.38.